The van der Waals surface area contributed by atoms with Crippen molar-refractivity contribution in [1.29, 1.82) is 0 Å². The van der Waals surface area contributed by atoms with Gasteiger partial charge in [0.25, 0.3) is 0 Å². The smallest absolute Gasteiger partial charge is 0.335 e. The second-order valence-electron chi connectivity index (χ2n) is 4.57. The standard InChI is InChI=1S/C14H16N2O3/c1-9-11(13(17)18)12(10-7-5-4-6-8-10)16(3)14(19)15(9)2/h4-8,12H,1-3H3,(H,17,18)/t12-/m0/s1. The van der Waals surface area contributed by atoms with Crippen LogP contribution in [0.3, 0.4) is 0 Å². The molecule has 1 atom stereocenters. The molecule has 1 heterocycles. The van der Waals surface area contributed by atoms with Gasteiger partial charge in [-0.15, -0.1) is 0 Å². The summed E-state index contributed by atoms with van der Waals surface area (Å²) in [6.07, 6.45) is 0. The molecule has 0 bridgehead atoms. The summed E-state index contributed by atoms with van der Waals surface area (Å²) in [7, 11) is 3.20. The minimum absolute atomic E-state index is 0.212. The second-order valence-corrected chi connectivity index (χ2v) is 4.57. The van der Waals surface area contributed by atoms with Crippen LogP contribution in [0.5, 0.6) is 0 Å². The summed E-state index contributed by atoms with van der Waals surface area (Å²) in [5.41, 5.74) is 1.50. The summed E-state index contributed by atoms with van der Waals surface area (Å²) < 4.78 is 0. The van der Waals surface area contributed by atoms with Crippen molar-refractivity contribution in [2.75, 3.05) is 14.1 Å². The highest BCUT2D eigenvalue weighted by Crippen LogP contribution is 2.35. The van der Waals surface area contributed by atoms with E-state index in [9.17, 15) is 14.7 Å². The van der Waals surface area contributed by atoms with Crippen LogP contribution in [0.4, 0.5) is 4.79 Å². The van der Waals surface area contributed by atoms with Crippen LogP contribution in [0.1, 0.15) is 18.5 Å². The number of amides is 2. The Kier molecular flexibility index (Phi) is 3.29. The molecular formula is C14H16N2O3. The Labute approximate surface area is 111 Å². The van der Waals surface area contributed by atoms with E-state index in [0.29, 0.717) is 5.70 Å². The number of benzene rings is 1. The summed E-state index contributed by atoms with van der Waals surface area (Å²) >= 11 is 0. The molecule has 0 saturated heterocycles. The fourth-order valence-corrected chi connectivity index (χ4v) is 2.36. The molecule has 5 heteroatoms. The van der Waals surface area contributed by atoms with E-state index in [4.69, 9.17) is 0 Å². The Balaban J connectivity index is 2.62. The molecule has 100 valence electrons. The van der Waals surface area contributed by atoms with Crippen LogP contribution in [0, 0.1) is 0 Å². The number of hydrogen-bond donors (Lipinski definition) is 1. The van der Waals surface area contributed by atoms with Gasteiger partial charge in [0.2, 0.25) is 0 Å². The number of rotatable bonds is 2. The first kappa shape index (κ1) is 13.1. The minimum atomic E-state index is -1.00. The highest BCUT2D eigenvalue weighted by atomic mass is 16.4. The first-order valence-electron chi connectivity index (χ1n) is 5.94. The summed E-state index contributed by atoms with van der Waals surface area (Å²) in [4.78, 5) is 26.5. The van der Waals surface area contributed by atoms with Crippen molar-refractivity contribution < 1.29 is 14.7 Å². The zero-order valence-electron chi connectivity index (χ0n) is 11.1. The van der Waals surface area contributed by atoms with Gasteiger partial charge in [-0.25, -0.2) is 9.59 Å². The maximum Gasteiger partial charge on any atom is 0.335 e. The van der Waals surface area contributed by atoms with Gasteiger partial charge in [0, 0.05) is 19.8 Å². The number of carboxylic acid groups (broad SMARTS) is 1. The normalized spacial score (nSPS) is 19.9. The Morgan fingerprint density at radius 2 is 1.79 bits per heavy atom. The molecule has 1 aromatic carbocycles. The number of carboxylic acids is 1. The minimum Gasteiger partial charge on any atom is -0.478 e. The van der Waals surface area contributed by atoms with E-state index in [1.165, 1.54) is 9.80 Å². The number of carbonyl (C=O) groups is 2. The SMILES string of the molecule is CC1=C(C(=O)O)[C@H](c2ccccc2)N(C)C(=O)N1C. The second kappa shape index (κ2) is 4.76. The molecule has 0 spiro atoms. The fraction of sp³-hybridized carbons (Fsp3) is 0.286. The van der Waals surface area contributed by atoms with Gasteiger partial charge in [0.1, 0.15) is 0 Å². The molecule has 2 amide bonds. The Hall–Kier alpha value is -2.30. The first-order chi connectivity index (χ1) is 8.95. The molecule has 1 aliphatic rings. The molecule has 0 aromatic heterocycles. The largest absolute Gasteiger partial charge is 0.478 e. The Morgan fingerprint density at radius 3 is 2.32 bits per heavy atom. The molecule has 0 fully saturated rings. The fourth-order valence-electron chi connectivity index (χ4n) is 2.36. The number of allylic oxidation sites excluding steroid dienone is 1. The molecule has 2 rings (SSSR count). The Bertz CT molecular complexity index is 551. The van der Waals surface area contributed by atoms with Crippen LogP contribution >= 0.6 is 0 Å². The van der Waals surface area contributed by atoms with E-state index < -0.39 is 12.0 Å². The van der Waals surface area contributed by atoms with Crippen molar-refractivity contribution in [1.82, 2.24) is 9.80 Å². The quantitative estimate of drug-likeness (QED) is 0.885. The molecule has 5 nitrogen and oxygen atoms in total. The molecule has 19 heavy (non-hydrogen) atoms. The molecule has 1 N–H and O–H groups in total. The van der Waals surface area contributed by atoms with Gasteiger partial charge >= 0.3 is 12.0 Å². The van der Waals surface area contributed by atoms with Crippen LogP contribution in [0.15, 0.2) is 41.6 Å². The van der Waals surface area contributed by atoms with Gasteiger partial charge in [-0.1, -0.05) is 30.3 Å². The van der Waals surface area contributed by atoms with Gasteiger partial charge in [-0.3, -0.25) is 0 Å². The summed E-state index contributed by atoms with van der Waals surface area (Å²) in [6.45, 7) is 1.66. The van der Waals surface area contributed by atoms with Crippen LogP contribution in [-0.4, -0.2) is 41.0 Å². The first-order valence-corrected chi connectivity index (χ1v) is 5.94. The summed E-state index contributed by atoms with van der Waals surface area (Å²) in [6, 6.07) is 8.42. The number of nitrogens with zero attached hydrogens (tertiary/aromatic N) is 2. The van der Waals surface area contributed by atoms with Crippen LogP contribution < -0.4 is 0 Å². The third-order valence-corrected chi connectivity index (χ3v) is 3.49. The van der Waals surface area contributed by atoms with E-state index in [0.717, 1.165) is 5.56 Å². The maximum atomic E-state index is 12.1. The molecule has 0 unspecified atom stereocenters. The molecule has 0 saturated carbocycles. The van der Waals surface area contributed by atoms with Gasteiger partial charge < -0.3 is 14.9 Å². The predicted molar refractivity (Wildman–Crippen MR) is 70.4 cm³/mol. The average Bonchev–Trinajstić information content (AvgIpc) is 2.40. The van der Waals surface area contributed by atoms with Crippen LogP contribution in [0.25, 0.3) is 0 Å². The molecule has 1 aromatic rings. The van der Waals surface area contributed by atoms with E-state index in [-0.39, 0.29) is 11.6 Å². The third kappa shape index (κ3) is 2.07. The van der Waals surface area contributed by atoms with Crippen molar-refractivity contribution in [2.45, 2.75) is 13.0 Å². The molecular weight excluding hydrogens is 244 g/mol. The lowest BCUT2D eigenvalue weighted by molar-refractivity contribution is -0.133. The predicted octanol–water partition coefficient (Wildman–Crippen LogP) is 2.08. The van der Waals surface area contributed by atoms with E-state index in [2.05, 4.69) is 0 Å². The van der Waals surface area contributed by atoms with Crippen molar-refractivity contribution in [3.05, 3.63) is 47.2 Å². The number of likely N-dealkylation sites (N-methyl/N-ethyl adjacent to an activating group) is 1. The highest BCUT2D eigenvalue weighted by Gasteiger charge is 2.38. The topological polar surface area (TPSA) is 60.9 Å². The monoisotopic (exact) mass is 260 g/mol. The summed E-state index contributed by atoms with van der Waals surface area (Å²) in [5, 5.41) is 9.44. The lowest BCUT2D eigenvalue weighted by atomic mass is 9.94. The molecule has 1 aliphatic heterocycles. The van der Waals surface area contributed by atoms with Gasteiger partial charge in [-0.2, -0.15) is 0 Å². The van der Waals surface area contributed by atoms with Crippen molar-refractivity contribution in [2.24, 2.45) is 0 Å². The van der Waals surface area contributed by atoms with Crippen molar-refractivity contribution >= 4 is 12.0 Å². The number of carbonyl (C=O) groups excluding carboxylic acids is 1. The number of aliphatic carboxylic acids is 1. The van der Waals surface area contributed by atoms with Crippen LogP contribution in [-0.2, 0) is 4.79 Å². The van der Waals surface area contributed by atoms with E-state index >= 15 is 0 Å². The third-order valence-electron chi connectivity index (χ3n) is 3.49. The van der Waals surface area contributed by atoms with E-state index in [1.807, 2.05) is 30.3 Å². The molecule has 0 aliphatic carbocycles. The number of hydrogen-bond acceptors (Lipinski definition) is 2. The number of urea groups is 1. The van der Waals surface area contributed by atoms with Gasteiger partial charge in [0.05, 0.1) is 11.6 Å². The van der Waals surface area contributed by atoms with Gasteiger partial charge in [-0.05, 0) is 12.5 Å². The van der Waals surface area contributed by atoms with Gasteiger partial charge in [0.15, 0.2) is 0 Å². The summed E-state index contributed by atoms with van der Waals surface area (Å²) in [5.74, 6) is -1.00. The van der Waals surface area contributed by atoms with Crippen molar-refractivity contribution in [3.8, 4) is 0 Å². The van der Waals surface area contributed by atoms with Crippen molar-refractivity contribution in [3.63, 3.8) is 0 Å². The molecule has 0 radical (unpaired) electrons. The maximum absolute atomic E-state index is 12.1. The average molecular weight is 260 g/mol. The zero-order valence-corrected chi connectivity index (χ0v) is 11.1. The lowest BCUT2D eigenvalue weighted by Gasteiger charge is -2.39. The lowest BCUT2D eigenvalue weighted by Crippen LogP contribution is -2.47. The van der Waals surface area contributed by atoms with E-state index in [1.54, 1.807) is 21.0 Å². The highest BCUT2D eigenvalue weighted by molar-refractivity contribution is 5.93. The Morgan fingerprint density at radius 1 is 1.21 bits per heavy atom. The van der Waals surface area contributed by atoms with Crippen LogP contribution in [0.2, 0.25) is 0 Å². The zero-order chi connectivity index (χ0) is 14.2.